The highest BCUT2D eigenvalue weighted by molar-refractivity contribution is 5.99. The first-order valence-corrected chi connectivity index (χ1v) is 19.7. The van der Waals surface area contributed by atoms with E-state index < -0.39 is 0 Å². The highest BCUT2D eigenvalue weighted by Crippen LogP contribution is 2.38. The summed E-state index contributed by atoms with van der Waals surface area (Å²) < 4.78 is 8.73. The highest BCUT2D eigenvalue weighted by Gasteiger charge is 2.20. The van der Waals surface area contributed by atoms with Crippen LogP contribution in [0.15, 0.2) is 122 Å². The Morgan fingerprint density at radius 2 is 0.533 bits per heavy atom. The second-order valence-corrected chi connectivity index (χ2v) is 14.2. The fourth-order valence-corrected chi connectivity index (χ4v) is 7.76. The Morgan fingerprint density at radius 1 is 0.333 bits per heavy atom. The van der Waals surface area contributed by atoms with Gasteiger partial charge in [0.15, 0.2) is 49.6 Å². The molecule has 0 atom stereocenters. The Kier molecular flexibility index (Phi) is 15.5. The summed E-state index contributed by atoms with van der Waals surface area (Å²) in [5.41, 5.74) is 16.1. The zero-order chi connectivity index (χ0) is 38.2. The van der Waals surface area contributed by atoms with E-state index in [0.717, 1.165) is 116 Å². The standard InChI is InChI=1S/C48H45N8.4BrH/c1-5-53-25-17-33(18-26-53)45-37-9-11-39(49-37)46(34-19-27-54(6-2)28-20-34)41-13-15-43(51-41)48(36-23-31-56(8-4)32-24-36)44-16-14-42(52-44)47(40-12-10-38(45)50-40)35-21-29-55(7-3)30-22-35;;;;/h9-32H,5-8H2,1-4H3,(H,49,50,51,52);4*1H/q+3;;;;/p-3. The molecule has 60 heavy (non-hydrogen) atoms. The molecular weight excluding hydrogens is 1010 g/mol. The molecule has 7 aromatic heterocycles. The number of H-pyrrole nitrogens is 2. The Balaban J connectivity index is 0.00000171. The first-order valence-electron chi connectivity index (χ1n) is 19.7. The van der Waals surface area contributed by atoms with Crippen molar-refractivity contribution in [3.63, 3.8) is 0 Å². The quantitative estimate of drug-likeness (QED) is 0.156. The van der Waals surface area contributed by atoms with Crippen LogP contribution in [0.5, 0.6) is 0 Å². The Hall–Kier alpha value is -4.88. The number of pyridine rings is 4. The molecule has 0 amide bonds. The number of nitrogens with zero attached hydrogens (tertiary/aromatic N) is 6. The van der Waals surface area contributed by atoms with Crippen molar-refractivity contribution >= 4 is 46.4 Å². The largest absolute Gasteiger partial charge is 1.00 e. The molecule has 8 nitrogen and oxygen atoms in total. The number of hydrogen-bond acceptors (Lipinski definition) is 2. The number of aryl methyl sites for hydroxylation is 4. The van der Waals surface area contributed by atoms with Crippen molar-refractivity contribution in [2.45, 2.75) is 53.9 Å². The lowest BCUT2D eigenvalue weighted by atomic mass is 10.0. The number of halogens is 4. The molecular formula is C48H46Br4N8. The summed E-state index contributed by atoms with van der Waals surface area (Å²) in [5, 5.41) is 0. The molecule has 0 radical (unpaired) electrons. The summed E-state index contributed by atoms with van der Waals surface area (Å²) >= 11 is 0. The fraction of sp³-hybridized carbons (Fsp3) is 0.167. The van der Waals surface area contributed by atoms with Crippen molar-refractivity contribution in [3.05, 3.63) is 145 Å². The molecule has 2 aliphatic heterocycles. The van der Waals surface area contributed by atoms with Crippen molar-refractivity contribution in [1.29, 1.82) is 0 Å². The topological polar surface area (TPSA) is 72.9 Å². The van der Waals surface area contributed by atoms with E-state index in [-0.39, 0.29) is 67.9 Å². The van der Waals surface area contributed by atoms with Gasteiger partial charge in [-0.25, -0.2) is 28.2 Å². The van der Waals surface area contributed by atoms with Gasteiger partial charge >= 0.3 is 0 Å². The molecule has 0 aromatic carbocycles. The molecule has 0 unspecified atom stereocenters. The molecule has 2 aliphatic rings. The molecule has 9 heterocycles. The van der Waals surface area contributed by atoms with Gasteiger partial charge in [0, 0.05) is 92.9 Å². The van der Waals surface area contributed by atoms with Gasteiger partial charge in [-0.2, -0.15) is 0 Å². The lowest BCUT2D eigenvalue weighted by Gasteiger charge is -2.06. The molecule has 0 spiro atoms. The smallest absolute Gasteiger partial charge is 0.169 e. The van der Waals surface area contributed by atoms with E-state index in [1.165, 1.54) is 0 Å². The van der Waals surface area contributed by atoms with Crippen LogP contribution >= 0.6 is 0 Å². The molecule has 9 rings (SSSR count). The predicted molar refractivity (Wildman–Crippen MR) is 224 cm³/mol. The summed E-state index contributed by atoms with van der Waals surface area (Å²) in [6, 6.07) is 26.2. The van der Waals surface area contributed by atoms with Crippen LogP contribution < -0.4 is 86.2 Å². The minimum Gasteiger partial charge on any atom is -1.00 e. The van der Waals surface area contributed by atoms with Crippen molar-refractivity contribution in [2.24, 2.45) is 0 Å². The normalized spacial score (nSPS) is 11.3. The van der Waals surface area contributed by atoms with Gasteiger partial charge < -0.3 is 77.9 Å². The van der Waals surface area contributed by atoms with Crippen molar-refractivity contribution in [2.75, 3.05) is 0 Å². The van der Waals surface area contributed by atoms with E-state index in [4.69, 9.17) is 9.97 Å². The van der Waals surface area contributed by atoms with Crippen molar-refractivity contribution in [3.8, 4) is 44.5 Å². The zero-order valence-corrected chi connectivity index (χ0v) is 40.2. The van der Waals surface area contributed by atoms with Crippen LogP contribution in [0.3, 0.4) is 0 Å². The monoisotopic (exact) mass is 1050 g/mol. The fourth-order valence-electron chi connectivity index (χ4n) is 7.76. The van der Waals surface area contributed by atoms with Crippen LogP contribution in [0.2, 0.25) is 0 Å². The van der Waals surface area contributed by atoms with Gasteiger partial charge in [-0.1, -0.05) is 0 Å². The maximum atomic E-state index is 5.45. The SMILES string of the molecule is CC[n+]1ccc(-c2c3nc(c(-c4cc[n+](CC)cc4)c4ccc([nH]4)c(-c4cc[n+](CC)cc4)c4nc(c(-c5cc[n+](CC)cc5)c5ccc2[nH]5)C=C4)C=C3)cc1.[Br-].[Br-].[Br-].[Br-]. The molecule has 0 saturated carbocycles. The molecule has 306 valence electrons. The summed E-state index contributed by atoms with van der Waals surface area (Å²) in [5.74, 6) is 0. The summed E-state index contributed by atoms with van der Waals surface area (Å²) in [7, 11) is 0. The minimum absolute atomic E-state index is 0. The van der Waals surface area contributed by atoms with Crippen molar-refractivity contribution in [1.82, 2.24) is 19.9 Å². The van der Waals surface area contributed by atoms with E-state index >= 15 is 0 Å². The van der Waals surface area contributed by atoms with Crippen LogP contribution in [-0.4, -0.2) is 19.9 Å². The van der Waals surface area contributed by atoms with E-state index in [1.54, 1.807) is 0 Å². The van der Waals surface area contributed by atoms with Gasteiger partial charge in [0.1, 0.15) is 26.2 Å². The molecule has 0 saturated heterocycles. The molecule has 2 N–H and O–H groups in total. The average Bonchev–Trinajstić information content (AvgIpc) is 4.10. The van der Waals surface area contributed by atoms with Gasteiger partial charge in [0.25, 0.3) is 0 Å². The molecule has 12 heteroatoms. The third-order valence-corrected chi connectivity index (χ3v) is 10.9. The summed E-state index contributed by atoms with van der Waals surface area (Å²) in [6.45, 7) is 12.2. The predicted octanol–water partition coefficient (Wildman–Crippen LogP) is -3.43. The number of nitrogens with one attached hydrogen (secondary N) is 2. The molecule has 7 aromatic rings. The Labute approximate surface area is 393 Å². The van der Waals surface area contributed by atoms with E-state index in [1.807, 2.05) is 0 Å². The first kappa shape index (κ1) is 46.2. The Morgan fingerprint density at radius 3 is 0.717 bits per heavy atom. The van der Waals surface area contributed by atoms with Crippen LogP contribution in [0.1, 0.15) is 50.5 Å². The number of hydrogen-bond donors (Lipinski definition) is 2. The number of aromatic nitrogens is 8. The van der Waals surface area contributed by atoms with Gasteiger partial charge in [-0.05, 0) is 98.5 Å². The van der Waals surface area contributed by atoms with E-state index in [0.29, 0.717) is 0 Å². The molecule has 0 fully saturated rings. The van der Waals surface area contributed by atoms with Crippen LogP contribution in [-0.2, 0) is 26.2 Å². The second kappa shape index (κ2) is 20.1. The summed E-state index contributed by atoms with van der Waals surface area (Å²) in [4.78, 5) is 18.6. The van der Waals surface area contributed by atoms with Gasteiger partial charge in [0.05, 0.1) is 22.8 Å². The highest BCUT2D eigenvalue weighted by atomic mass is 79.9. The number of fused-ring (bicyclic) bond motifs is 8. The summed E-state index contributed by atoms with van der Waals surface area (Å²) in [6.07, 6.45) is 25.8. The maximum absolute atomic E-state index is 5.45. The minimum atomic E-state index is 0. The average molecular weight is 1050 g/mol. The maximum Gasteiger partial charge on any atom is 0.169 e. The van der Waals surface area contributed by atoms with E-state index in [9.17, 15) is 0 Å². The number of aromatic amines is 2. The van der Waals surface area contributed by atoms with Crippen LogP contribution in [0.4, 0.5) is 0 Å². The zero-order valence-electron chi connectivity index (χ0n) is 33.9. The third kappa shape index (κ3) is 8.93. The second-order valence-electron chi connectivity index (χ2n) is 14.2. The van der Waals surface area contributed by atoms with Crippen LogP contribution in [0, 0.1) is 0 Å². The van der Waals surface area contributed by atoms with Gasteiger partial charge in [-0.3, -0.25) is 0 Å². The molecule has 8 bridgehead atoms. The lowest BCUT2D eigenvalue weighted by Crippen LogP contribution is -3.00. The number of rotatable bonds is 8. The van der Waals surface area contributed by atoms with Gasteiger partial charge in [0.2, 0.25) is 0 Å². The van der Waals surface area contributed by atoms with Gasteiger partial charge in [-0.15, -0.1) is 0 Å². The Bertz CT molecular complexity index is 2450. The first-order chi connectivity index (χ1) is 27.5. The molecule has 0 aliphatic carbocycles. The third-order valence-electron chi connectivity index (χ3n) is 10.9. The van der Waals surface area contributed by atoms with E-state index in [2.05, 4.69) is 203 Å². The van der Waals surface area contributed by atoms with Crippen molar-refractivity contribution < 1.29 is 86.2 Å². The lowest BCUT2D eigenvalue weighted by molar-refractivity contribution is -0.693. The van der Waals surface area contributed by atoms with Crippen LogP contribution in [0.25, 0.3) is 90.9 Å².